The Morgan fingerprint density at radius 3 is 2.12 bits per heavy atom. The molecule has 0 aromatic heterocycles. The first kappa shape index (κ1) is 17.6. The second kappa shape index (κ2) is 7.81. The molecule has 0 spiro atoms. The molecular formula is C20H26N2O3. The van der Waals surface area contributed by atoms with Crippen LogP contribution >= 0.6 is 0 Å². The van der Waals surface area contributed by atoms with E-state index < -0.39 is 0 Å². The summed E-state index contributed by atoms with van der Waals surface area (Å²) in [5.41, 5.74) is 1.53. The highest BCUT2D eigenvalue weighted by Gasteiger charge is 2.28. The molecule has 0 bridgehead atoms. The molecule has 1 aliphatic heterocycles. The van der Waals surface area contributed by atoms with Crippen LogP contribution in [0.4, 0.5) is 0 Å². The molecule has 1 aromatic rings. The number of hydrogen-bond acceptors (Lipinski definition) is 3. The zero-order valence-corrected chi connectivity index (χ0v) is 14.9. The Morgan fingerprint density at radius 2 is 1.56 bits per heavy atom. The van der Waals surface area contributed by atoms with Gasteiger partial charge >= 0.3 is 0 Å². The van der Waals surface area contributed by atoms with Crippen molar-refractivity contribution >= 4 is 17.7 Å². The molecule has 5 heteroatoms. The van der Waals surface area contributed by atoms with Crippen LogP contribution in [0.15, 0.2) is 24.3 Å². The van der Waals surface area contributed by atoms with Crippen LogP contribution in [-0.4, -0.2) is 40.6 Å². The van der Waals surface area contributed by atoms with Gasteiger partial charge in [-0.25, -0.2) is 0 Å². The van der Waals surface area contributed by atoms with E-state index in [-0.39, 0.29) is 17.7 Å². The molecule has 0 radical (unpaired) electrons. The summed E-state index contributed by atoms with van der Waals surface area (Å²) in [4.78, 5) is 39.3. The molecule has 25 heavy (non-hydrogen) atoms. The number of carbonyl (C=O) groups excluding carboxylic acids is 3. The predicted octanol–water partition coefficient (Wildman–Crippen LogP) is 3.13. The van der Waals surface area contributed by atoms with Crippen molar-refractivity contribution in [1.82, 2.24) is 9.80 Å². The van der Waals surface area contributed by atoms with Crippen molar-refractivity contribution in [3.8, 4) is 0 Å². The van der Waals surface area contributed by atoms with E-state index >= 15 is 0 Å². The van der Waals surface area contributed by atoms with Crippen LogP contribution in [0.1, 0.15) is 67.3 Å². The Bertz CT molecular complexity index is 629. The van der Waals surface area contributed by atoms with Crippen molar-refractivity contribution in [2.24, 2.45) is 0 Å². The van der Waals surface area contributed by atoms with Gasteiger partial charge in [0.05, 0.1) is 6.54 Å². The zero-order valence-electron chi connectivity index (χ0n) is 14.9. The Labute approximate surface area is 149 Å². The third-order valence-electron chi connectivity index (χ3n) is 5.39. The fourth-order valence-corrected chi connectivity index (χ4v) is 3.75. The van der Waals surface area contributed by atoms with Crippen molar-refractivity contribution in [3.63, 3.8) is 0 Å². The molecule has 1 heterocycles. The van der Waals surface area contributed by atoms with Gasteiger partial charge in [0.15, 0.2) is 0 Å². The van der Waals surface area contributed by atoms with Gasteiger partial charge in [0.1, 0.15) is 0 Å². The molecule has 0 N–H and O–H groups in total. The van der Waals surface area contributed by atoms with Gasteiger partial charge in [-0.3, -0.25) is 19.3 Å². The number of likely N-dealkylation sites (tertiary alicyclic amines) is 1. The van der Waals surface area contributed by atoms with Gasteiger partial charge in [-0.1, -0.05) is 37.8 Å². The number of nitrogens with zero attached hydrogens (tertiary/aromatic N) is 2. The molecule has 2 fully saturated rings. The molecule has 0 atom stereocenters. The summed E-state index contributed by atoms with van der Waals surface area (Å²) in [5, 5.41) is 0. The largest absolute Gasteiger partial charge is 0.339 e. The minimum Gasteiger partial charge on any atom is -0.339 e. The molecule has 3 amide bonds. The van der Waals surface area contributed by atoms with Crippen molar-refractivity contribution in [2.75, 3.05) is 7.05 Å². The predicted molar refractivity (Wildman–Crippen MR) is 94.8 cm³/mol. The van der Waals surface area contributed by atoms with Gasteiger partial charge in [-0.15, -0.1) is 0 Å². The van der Waals surface area contributed by atoms with Crippen LogP contribution in [0.5, 0.6) is 0 Å². The number of amides is 3. The second-order valence-corrected chi connectivity index (χ2v) is 7.13. The second-order valence-electron chi connectivity index (χ2n) is 7.13. The first-order valence-electron chi connectivity index (χ1n) is 9.25. The lowest BCUT2D eigenvalue weighted by atomic mass is 10.1. The van der Waals surface area contributed by atoms with Gasteiger partial charge in [0.25, 0.3) is 5.91 Å². The van der Waals surface area contributed by atoms with Gasteiger partial charge < -0.3 is 4.90 Å². The molecule has 134 valence electrons. The summed E-state index contributed by atoms with van der Waals surface area (Å²) < 4.78 is 0. The Hall–Kier alpha value is -2.17. The fourth-order valence-electron chi connectivity index (χ4n) is 3.75. The van der Waals surface area contributed by atoms with Gasteiger partial charge in [0, 0.05) is 31.5 Å². The number of rotatable bonds is 4. The Balaban J connectivity index is 1.63. The standard InChI is InChI=1S/C20H26N2O3/c1-21(17-6-4-2-3-5-7-17)20(25)16-10-8-15(9-11-16)14-22-18(23)12-13-19(22)24/h8-11,17H,2-7,12-14H2,1H3. The molecule has 0 unspecified atom stereocenters. The maximum atomic E-state index is 12.7. The van der Waals surface area contributed by atoms with Crippen LogP contribution in [0.3, 0.4) is 0 Å². The summed E-state index contributed by atoms with van der Waals surface area (Å²) in [5.74, 6) is -0.178. The van der Waals surface area contributed by atoms with Gasteiger partial charge in [-0.05, 0) is 30.5 Å². The highest BCUT2D eigenvalue weighted by Crippen LogP contribution is 2.23. The lowest BCUT2D eigenvalue weighted by Crippen LogP contribution is -2.36. The van der Waals surface area contributed by atoms with Gasteiger partial charge in [-0.2, -0.15) is 0 Å². The van der Waals surface area contributed by atoms with Crippen molar-refractivity contribution in [2.45, 2.75) is 64.0 Å². The number of imide groups is 1. The molecule has 3 rings (SSSR count). The maximum absolute atomic E-state index is 12.7. The average molecular weight is 342 g/mol. The molecule has 1 aromatic carbocycles. The molecule has 5 nitrogen and oxygen atoms in total. The molecule has 2 aliphatic rings. The summed E-state index contributed by atoms with van der Waals surface area (Å²) >= 11 is 0. The number of hydrogen-bond donors (Lipinski definition) is 0. The normalized spacial score (nSPS) is 19.2. The number of benzene rings is 1. The van der Waals surface area contributed by atoms with Gasteiger partial charge in [0.2, 0.25) is 11.8 Å². The summed E-state index contributed by atoms with van der Waals surface area (Å²) in [6, 6.07) is 7.61. The van der Waals surface area contributed by atoms with E-state index in [0.29, 0.717) is 31.0 Å². The van der Waals surface area contributed by atoms with Crippen LogP contribution in [-0.2, 0) is 16.1 Å². The van der Waals surface area contributed by atoms with Crippen molar-refractivity contribution in [3.05, 3.63) is 35.4 Å². The topological polar surface area (TPSA) is 57.7 Å². The van der Waals surface area contributed by atoms with E-state index in [1.165, 1.54) is 30.6 Å². The maximum Gasteiger partial charge on any atom is 0.253 e. The molecule has 1 saturated carbocycles. The highest BCUT2D eigenvalue weighted by atomic mass is 16.2. The SMILES string of the molecule is CN(C(=O)c1ccc(CN2C(=O)CCC2=O)cc1)C1CCCCCC1. The van der Waals surface area contributed by atoms with E-state index in [1.807, 2.05) is 24.1 Å². The summed E-state index contributed by atoms with van der Waals surface area (Å²) in [7, 11) is 1.90. The van der Waals surface area contributed by atoms with Crippen molar-refractivity contribution < 1.29 is 14.4 Å². The molecule has 1 saturated heterocycles. The lowest BCUT2D eigenvalue weighted by molar-refractivity contribution is -0.139. The third-order valence-corrected chi connectivity index (χ3v) is 5.39. The minimum atomic E-state index is -0.113. The number of carbonyl (C=O) groups is 3. The Kier molecular flexibility index (Phi) is 5.51. The first-order chi connectivity index (χ1) is 12.1. The minimum absolute atomic E-state index is 0.0479. The third kappa shape index (κ3) is 4.09. The fraction of sp³-hybridized carbons (Fsp3) is 0.550. The van der Waals surface area contributed by atoms with E-state index in [0.717, 1.165) is 18.4 Å². The lowest BCUT2D eigenvalue weighted by Gasteiger charge is -2.27. The molecule has 1 aliphatic carbocycles. The van der Waals surface area contributed by atoms with E-state index in [2.05, 4.69) is 0 Å². The monoisotopic (exact) mass is 342 g/mol. The van der Waals surface area contributed by atoms with E-state index in [1.54, 1.807) is 12.1 Å². The Morgan fingerprint density at radius 1 is 1.00 bits per heavy atom. The van der Waals surface area contributed by atoms with E-state index in [4.69, 9.17) is 0 Å². The van der Waals surface area contributed by atoms with E-state index in [9.17, 15) is 14.4 Å². The van der Waals surface area contributed by atoms with Crippen LogP contribution < -0.4 is 0 Å². The first-order valence-corrected chi connectivity index (χ1v) is 9.25. The summed E-state index contributed by atoms with van der Waals surface area (Å²) in [6.45, 7) is 0.296. The zero-order chi connectivity index (χ0) is 17.8. The van der Waals surface area contributed by atoms with Crippen molar-refractivity contribution in [1.29, 1.82) is 0 Å². The summed E-state index contributed by atoms with van der Waals surface area (Å²) in [6.07, 6.45) is 7.70. The van der Waals surface area contributed by atoms with Crippen LogP contribution in [0, 0.1) is 0 Å². The smallest absolute Gasteiger partial charge is 0.253 e. The average Bonchev–Trinajstić information content (AvgIpc) is 2.85. The van der Waals surface area contributed by atoms with Crippen LogP contribution in [0.2, 0.25) is 0 Å². The highest BCUT2D eigenvalue weighted by molar-refractivity contribution is 6.01. The molecular weight excluding hydrogens is 316 g/mol. The van der Waals surface area contributed by atoms with Crippen LogP contribution in [0.25, 0.3) is 0 Å². The quantitative estimate of drug-likeness (QED) is 0.624.